The summed E-state index contributed by atoms with van der Waals surface area (Å²) in [5, 5.41) is 12.0. The summed E-state index contributed by atoms with van der Waals surface area (Å²) >= 11 is 0. The highest BCUT2D eigenvalue weighted by atomic mass is 16.5. The zero-order chi connectivity index (χ0) is 27.2. The molecule has 11 nitrogen and oxygen atoms in total. The third-order valence-electron chi connectivity index (χ3n) is 6.90. The van der Waals surface area contributed by atoms with E-state index in [1.807, 2.05) is 36.1 Å². The lowest BCUT2D eigenvalue weighted by Gasteiger charge is -2.33. The molecule has 0 saturated carbocycles. The molecule has 4 heterocycles. The van der Waals surface area contributed by atoms with E-state index in [4.69, 9.17) is 14.6 Å². The number of benzene rings is 1. The van der Waals surface area contributed by atoms with Gasteiger partial charge in [0.2, 0.25) is 5.91 Å². The van der Waals surface area contributed by atoms with Crippen molar-refractivity contribution in [2.24, 2.45) is 5.92 Å². The maximum Gasteiger partial charge on any atom is 0.337 e. The molecule has 2 aliphatic rings. The highest BCUT2D eigenvalue weighted by molar-refractivity contribution is 5.92. The van der Waals surface area contributed by atoms with Crippen LogP contribution in [0.2, 0.25) is 0 Å². The molecule has 2 saturated heterocycles. The average molecular weight is 533 g/mol. The largest absolute Gasteiger partial charge is 0.490 e. The summed E-state index contributed by atoms with van der Waals surface area (Å²) in [5.41, 5.74) is 0.132. The molecule has 5 rings (SSSR count). The molecule has 2 aliphatic heterocycles. The van der Waals surface area contributed by atoms with Crippen molar-refractivity contribution in [3.8, 4) is 11.5 Å². The molecular weight excluding hydrogens is 500 g/mol. The van der Waals surface area contributed by atoms with Gasteiger partial charge in [-0.1, -0.05) is 12.1 Å². The number of carbonyl (C=O) groups is 2. The number of piperidine rings is 1. The van der Waals surface area contributed by atoms with Crippen LogP contribution in [-0.2, 0) is 4.79 Å². The lowest BCUT2D eigenvalue weighted by atomic mass is 10.1. The van der Waals surface area contributed by atoms with Crippen LogP contribution >= 0.6 is 0 Å². The summed E-state index contributed by atoms with van der Waals surface area (Å²) in [6.45, 7) is 5.14. The highest BCUT2D eigenvalue weighted by Gasteiger charge is 2.30. The number of carboxylic acids is 1. The Morgan fingerprint density at radius 1 is 1.00 bits per heavy atom. The quantitative estimate of drug-likeness (QED) is 0.422. The van der Waals surface area contributed by atoms with E-state index in [1.54, 1.807) is 18.5 Å². The molecule has 3 aromatic rings. The minimum atomic E-state index is -1.02. The fraction of sp³-hybridized carbons (Fsp3) is 0.393. The highest BCUT2D eigenvalue weighted by Crippen LogP contribution is 2.30. The molecule has 0 bridgehead atoms. The van der Waals surface area contributed by atoms with Crippen molar-refractivity contribution in [3.05, 3.63) is 60.6 Å². The second-order valence-electron chi connectivity index (χ2n) is 9.60. The number of rotatable bonds is 9. The van der Waals surface area contributed by atoms with Crippen LogP contribution in [0, 0.1) is 5.92 Å². The Bertz CT molecular complexity index is 1300. The normalized spacial score (nSPS) is 19.0. The van der Waals surface area contributed by atoms with E-state index in [-0.39, 0.29) is 23.5 Å². The topological polar surface area (TPSA) is 130 Å². The molecule has 11 heteroatoms. The SMILES string of the molecule is CCOc1ccccc1OC1CCCN(c2cncc(NC(=O)C3CCN(c4ccc(C(=O)O)cn4)C3)n2)C1. The molecule has 1 aromatic carbocycles. The lowest BCUT2D eigenvalue weighted by molar-refractivity contribution is -0.119. The van der Waals surface area contributed by atoms with Crippen LogP contribution in [0.25, 0.3) is 0 Å². The number of hydrogen-bond donors (Lipinski definition) is 2. The standard InChI is InChI=1S/C28H32N6O5/c1-2-38-22-7-3-4-8-23(22)39-21-6-5-12-33(18-21)26-16-29-15-24(31-26)32-27(35)20-11-13-34(17-20)25-10-9-19(14-30-25)28(36)37/h3-4,7-10,14-16,20-21H,2,5-6,11-13,17-18H2,1H3,(H,36,37)(H,31,32,35). The van der Waals surface area contributed by atoms with Crippen LogP contribution < -0.4 is 24.6 Å². The molecule has 1 amide bonds. The molecular formula is C28H32N6O5. The van der Waals surface area contributed by atoms with Crippen LogP contribution in [0.4, 0.5) is 17.5 Å². The van der Waals surface area contributed by atoms with Crippen LogP contribution in [-0.4, -0.2) is 70.8 Å². The van der Waals surface area contributed by atoms with Crippen molar-refractivity contribution in [1.82, 2.24) is 15.0 Å². The van der Waals surface area contributed by atoms with E-state index in [1.165, 1.54) is 12.3 Å². The molecule has 2 unspecified atom stereocenters. The van der Waals surface area contributed by atoms with Crippen molar-refractivity contribution in [2.45, 2.75) is 32.3 Å². The minimum absolute atomic E-state index is 0.0250. The van der Waals surface area contributed by atoms with Gasteiger partial charge >= 0.3 is 5.97 Å². The Morgan fingerprint density at radius 3 is 2.59 bits per heavy atom. The Kier molecular flexibility index (Phi) is 8.04. The zero-order valence-corrected chi connectivity index (χ0v) is 21.8. The van der Waals surface area contributed by atoms with Crippen LogP contribution in [0.15, 0.2) is 55.0 Å². The second-order valence-corrected chi connectivity index (χ2v) is 9.60. The van der Waals surface area contributed by atoms with Gasteiger partial charge in [0, 0.05) is 25.8 Å². The smallest absolute Gasteiger partial charge is 0.337 e. The monoisotopic (exact) mass is 532 g/mol. The number of aromatic nitrogens is 3. The van der Waals surface area contributed by atoms with Gasteiger partial charge in [-0.25, -0.2) is 14.8 Å². The summed E-state index contributed by atoms with van der Waals surface area (Å²) in [5.74, 6) is 1.84. The number of anilines is 3. The van der Waals surface area contributed by atoms with Crippen LogP contribution in [0.1, 0.15) is 36.5 Å². The van der Waals surface area contributed by atoms with Gasteiger partial charge < -0.3 is 29.7 Å². The van der Waals surface area contributed by atoms with E-state index in [2.05, 4.69) is 25.2 Å². The summed E-state index contributed by atoms with van der Waals surface area (Å²) in [6, 6.07) is 10.9. The fourth-order valence-corrected chi connectivity index (χ4v) is 4.92. The number of nitrogens with one attached hydrogen (secondary N) is 1. The lowest BCUT2D eigenvalue weighted by Crippen LogP contribution is -2.41. The van der Waals surface area contributed by atoms with Gasteiger partial charge in [-0.05, 0) is 50.5 Å². The third kappa shape index (κ3) is 6.36. The summed E-state index contributed by atoms with van der Waals surface area (Å²) in [7, 11) is 0. The van der Waals surface area contributed by atoms with Crippen molar-refractivity contribution in [2.75, 3.05) is 47.9 Å². The van der Waals surface area contributed by atoms with Crippen LogP contribution in [0.3, 0.4) is 0 Å². The van der Waals surface area contributed by atoms with Crippen molar-refractivity contribution < 1.29 is 24.2 Å². The number of nitrogens with zero attached hydrogens (tertiary/aromatic N) is 5. The first-order chi connectivity index (χ1) is 19.0. The maximum atomic E-state index is 13.0. The molecule has 0 spiro atoms. The van der Waals surface area contributed by atoms with Crippen LogP contribution in [0.5, 0.6) is 11.5 Å². The summed E-state index contributed by atoms with van der Waals surface area (Å²) in [4.78, 5) is 41.4. The molecule has 0 aliphatic carbocycles. The van der Waals surface area contributed by atoms with Gasteiger partial charge in [0.15, 0.2) is 17.3 Å². The predicted octanol–water partition coefficient (Wildman–Crippen LogP) is 3.48. The minimum Gasteiger partial charge on any atom is -0.490 e. The molecule has 2 fully saturated rings. The Labute approximate surface area is 226 Å². The van der Waals surface area contributed by atoms with Gasteiger partial charge in [-0.3, -0.25) is 9.78 Å². The second kappa shape index (κ2) is 12.0. The predicted molar refractivity (Wildman–Crippen MR) is 146 cm³/mol. The van der Waals surface area contributed by atoms with Gasteiger partial charge in [0.25, 0.3) is 0 Å². The van der Waals surface area contributed by atoms with Crippen molar-refractivity contribution >= 4 is 29.3 Å². The molecule has 0 radical (unpaired) electrons. The Morgan fingerprint density at radius 2 is 1.82 bits per heavy atom. The maximum absolute atomic E-state index is 13.0. The molecule has 2 atom stereocenters. The number of aromatic carboxylic acids is 1. The number of ether oxygens (including phenoxy) is 2. The van der Waals surface area contributed by atoms with Gasteiger partial charge in [-0.15, -0.1) is 0 Å². The van der Waals surface area contributed by atoms with E-state index < -0.39 is 5.97 Å². The number of amides is 1. The van der Waals surface area contributed by atoms with Gasteiger partial charge in [0.1, 0.15) is 17.7 Å². The van der Waals surface area contributed by atoms with Gasteiger partial charge in [0.05, 0.1) is 37.0 Å². The number of carbonyl (C=O) groups excluding carboxylic acids is 1. The van der Waals surface area contributed by atoms with Gasteiger partial charge in [-0.2, -0.15) is 0 Å². The fourth-order valence-electron chi connectivity index (χ4n) is 4.92. The van der Waals surface area contributed by atoms with Crippen molar-refractivity contribution in [1.29, 1.82) is 0 Å². The number of hydrogen-bond acceptors (Lipinski definition) is 9. The molecule has 2 N–H and O–H groups in total. The first-order valence-corrected chi connectivity index (χ1v) is 13.2. The number of pyridine rings is 1. The first-order valence-electron chi connectivity index (χ1n) is 13.2. The molecule has 39 heavy (non-hydrogen) atoms. The molecule has 204 valence electrons. The summed E-state index contributed by atoms with van der Waals surface area (Å²) in [6.07, 6.45) is 7.09. The van der Waals surface area contributed by atoms with E-state index in [9.17, 15) is 9.59 Å². The average Bonchev–Trinajstić information content (AvgIpc) is 3.45. The van der Waals surface area contributed by atoms with E-state index in [0.29, 0.717) is 50.1 Å². The summed E-state index contributed by atoms with van der Waals surface area (Å²) < 4.78 is 12.0. The zero-order valence-electron chi connectivity index (χ0n) is 21.8. The Hall–Kier alpha value is -4.41. The third-order valence-corrected chi connectivity index (χ3v) is 6.90. The van der Waals surface area contributed by atoms with E-state index >= 15 is 0 Å². The number of para-hydroxylation sites is 2. The Balaban J connectivity index is 1.18. The number of carboxylic acid groups (broad SMARTS) is 1. The van der Waals surface area contributed by atoms with E-state index in [0.717, 1.165) is 30.9 Å². The molecule has 2 aromatic heterocycles. The van der Waals surface area contributed by atoms with Crippen molar-refractivity contribution in [3.63, 3.8) is 0 Å². The first kappa shape index (κ1) is 26.2.